The van der Waals surface area contributed by atoms with Gasteiger partial charge >= 0.3 is 11.7 Å². The molecule has 9 nitrogen and oxygen atoms in total. The normalized spacial score (nSPS) is 11.2. The molecule has 1 aromatic carbocycles. The number of benzene rings is 1. The van der Waals surface area contributed by atoms with E-state index in [0.717, 1.165) is 0 Å². The molecule has 0 saturated heterocycles. The predicted octanol–water partition coefficient (Wildman–Crippen LogP) is 0.622. The van der Waals surface area contributed by atoms with Gasteiger partial charge < -0.3 is 19.3 Å². The van der Waals surface area contributed by atoms with E-state index in [2.05, 4.69) is 20.2 Å². The number of rotatable bonds is 2. The zero-order valence-corrected chi connectivity index (χ0v) is 12.4. The Kier molecular flexibility index (Phi) is 2.89. The van der Waals surface area contributed by atoms with Crippen LogP contribution in [0.5, 0.6) is 0 Å². The van der Waals surface area contributed by atoms with E-state index in [1.165, 1.54) is 13.3 Å². The maximum atomic E-state index is 12.0. The van der Waals surface area contributed by atoms with Crippen LogP contribution in [0.25, 0.3) is 28.0 Å². The summed E-state index contributed by atoms with van der Waals surface area (Å²) in [6, 6.07) is 5.21. The number of aromatic amines is 3. The lowest BCUT2D eigenvalue weighted by Crippen LogP contribution is -2.11. The molecule has 3 N–H and O–H groups in total. The molecule has 2 aliphatic heterocycles. The molecule has 4 rings (SSSR count). The third-order valence-corrected chi connectivity index (χ3v) is 3.76. The van der Waals surface area contributed by atoms with Gasteiger partial charge in [-0.2, -0.15) is 5.10 Å². The molecule has 0 amide bonds. The van der Waals surface area contributed by atoms with Crippen LogP contribution in [-0.2, 0) is 4.74 Å². The van der Waals surface area contributed by atoms with E-state index in [4.69, 9.17) is 4.74 Å². The Hall–Kier alpha value is -3.62. The number of fused-ring (bicyclic) bond motifs is 2. The number of H-pyrrole nitrogens is 3. The summed E-state index contributed by atoms with van der Waals surface area (Å²) < 4.78 is 6.36. The predicted molar refractivity (Wildman–Crippen MR) is 84.6 cm³/mol. The van der Waals surface area contributed by atoms with Crippen molar-refractivity contribution < 1.29 is 9.53 Å². The Balaban J connectivity index is 1.99. The zero-order valence-electron chi connectivity index (χ0n) is 12.4. The number of aromatic nitrogens is 5. The highest BCUT2D eigenvalue weighted by atomic mass is 16.5. The molecule has 0 bridgehead atoms. The van der Waals surface area contributed by atoms with Crippen LogP contribution in [0.15, 0.2) is 40.2 Å². The number of nitrogens with one attached hydrogen (secondary N) is 3. The fourth-order valence-electron chi connectivity index (χ4n) is 2.63. The number of esters is 1. The van der Waals surface area contributed by atoms with E-state index in [-0.39, 0.29) is 22.5 Å². The third kappa shape index (κ3) is 2.02. The molecular formula is C15H11N5O4. The summed E-state index contributed by atoms with van der Waals surface area (Å²) in [6.45, 7) is 0. The maximum Gasteiger partial charge on any atom is 0.341 e. The lowest BCUT2D eigenvalue weighted by Gasteiger charge is -2.11. The highest BCUT2D eigenvalue weighted by Gasteiger charge is 2.22. The lowest BCUT2D eigenvalue weighted by molar-refractivity contribution is 0.0600. The number of carbonyl (C=O) groups is 1. The number of nitrogens with zero attached hydrogens (tertiary/aromatic N) is 2. The van der Waals surface area contributed by atoms with Gasteiger partial charge in [0.15, 0.2) is 0 Å². The molecule has 0 aliphatic carbocycles. The van der Waals surface area contributed by atoms with Crippen molar-refractivity contribution in [1.82, 2.24) is 24.7 Å². The van der Waals surface area contributed by atoms with E-state index in [1.54, 1.807) is 29.0 Å². The molecule has 24 heavy (non-hydrogen) atoms. The summed E-state index contributed by atoms with van der Waals surface area (Å²) in [6.07, 6.45) is 3.10. The molecule has 0 fully saturated rings. The molecule has 2 aromatic rings. The largest absolute Gasteiger partial charge is 0.465 e. The van der Waals surface area contributed by atoms with Crippen molar-refractivity contribution in [3.8, 4) is 16.9 Å². The van der Waals surface area contributed by atoms with Gasteiger partial charge in [0.2, 0.25) is 0 Å². The Bertz CT molecular complexity index is 1160. The molecule has 1 aromatic heterocycles. The number of imidazole rings is 1. The molecule has 0 saturated carbocycles. The number of carbonyl (C=O) groups excluding carboxylic acids is 1. The van der Waals surface area contributed by atoms with Crippen LogP contribution in [0.2, 0.25) is 0 Å². The number of ether oxygens (including phenoxy) is 1. The first-order valence-electron chi connectivity index (χ1n) is 6.98. The second-order valence-electron chi connectivity index (χ2n) is 5.19. The van der Waals surface area contributed by atoms with Gasteiger partial charge in [-0.3, -0.25) is 4.79 Å². The molecular weight excluding hydrogens is 314 g/mol. The van der Waals surface area contributed by atoms with Crippen molar-refractivity contribution in [3.05, 3.63) is 57.0 Å². The van der Waals surface area contributed by atoms with Gasteiger partial charge in [0.25, 0.3) is 5.56 Å². The Morgan fingerprint density at radius 1 is 1.17 bits per heavy atom. The fraction of sp³-hybridized carbons (Fsp3) is 0.0667. The Labute approximate surface area is 133 Å². The first-order valence-corrected chi connectivity index (χ1v) is 6.98. The molecule has 9 heteroatoms. The summed E-state index contributed by atoms with van der Waals surface area (Å²) >= 11 is 0. The van der Waals surface area contributed by atoms with Gasteiger partial charge in [0.05, 0.1) is 23.7 Å². The van der Waals surface area contributed by atoms with Crippen LogP contribution in [0.1, 0.15) is 10.4 Å². The molecule has 0 spiro atoms. The van der Waals surface area contributed by atoms with Crippen LogP contribution in [-0.4, -0.2) is 37.8 Å². The quantitative estimate of drug-likeness (QED) is 0.466. The van der Waals surface area contributed by atoms with E-state index in [0.29, 0.717) is 16.7 Å². The maximum absolute atomic E-state index is 12.0. The third-order valence-electron chi connectivity index (χ3n) is 3.76. The topological polar surface area (TPSA) is 126 Å². The van der Waals surface area contributed by atoms with Crippen molar-refractivity contribution in [2.45, 2.75) is 0 Å². The van der Waals surface area contributed by atoms with Crippen molar-refractivity contribution in [2.75, 3.05) is 7.11 Å². The van der Waals surface area contributed by atoms with Crippen LogP contribution in [0, 0.1) is 0 Å². The lowest BCUT2D eigenvalue weighted by atomic mass is 10.1. The number of hydrogen-bond donors (Lipinski definition) is 3. The van der Waals surface area contributed by atoms with Crippen molar-refractivity contribution >= 4 is 17.0 Å². The summed E-state index contributed by atoms with van der Waals surface area (Å²) in [5, 5.41) is 6.20. The van der Waals surface area contributed by atoms with E-state index < -0.39 is 11.5 Å². The van der Waals surface area contributed by atoms with Gasteiger partial charge in [-0.05, 0) is 18.2 Å². The van der Waals surface area contributed by atoms with Gasteiger partial charge in [-0.25, -0.2) is 14.7 Å². The summed E-state index contributed by atoms with van der Waals surface area (Å²) in [4.78, 5) is 40.6. The fourth-order valence-corrected chi connectivity index (χ4v) is 2.63. The minimum absolute atomic E-state index is 0.163. The molecule has 0 radical (unpaired) electrons. The SMILES string of the molecule is COC(=O)c1cn(-c2ccc3[nH]c(=O)[nH]c3c2)cc2c(=O)[nH]nc1-2. The van der Waals surface area contributed by atoms with Crippen LogP contribution in [0.4, 0.5) is 0 Å². The number of methoxy groups -OCH3 is 1. The smallest absolute Gasteiger partial charge is 0.341 e. The Morgan fingerprint density at radius 2 is 1.96 bits per heavy atom. The van der Waals surface area contributed by atoms with Crippen molar-refractivity contribution in [3.63, 3.8) is 0 Å². The average Bonchev–Trinajstić information content (AvgIpc) is 3.14. The minimum atomic E-state index is -0.600. The molecule has 0 atom stereocenters. The summed E-state index contributed by atoms with van der Waals surface area (Å²) in [7, 11) is 1.26. The zero-order chi connectivity index (χ0) is 16.8. The first-order chi connectivity index (χ1) is 11.6. The van der Waals surface area contributed by atoms with Gasteiger partial charge in [0, 0.05) is 18.1 Å². The second kappa shape index (κ2) is 4.95. The summed E-state index contributed by atoms with van der Waals surface area (Å²) in [5.41, 5.74) is 1.89. The summed E-state index contributed by atoms with van der Waals surface area (Å²) in [5.74, 6) is -0.600. The van der Waals surface area contributed by atoms with E-state index in [1.807, 2.05) is 0 Å². The molecule has 0 unspecified atom stereocenters. The average molecular weight is 325 g/mol. The monoisotopic (exact) mass is 325 g/mol. The number of hydrogen-bond acceptors (Lipinski definition) is 5. The van der Waals surface area contributed by atoms with Gasteiger partial charge in [0.1, 0.15) is 11.3 Å². The second-order valence-corrected chi connectivity index (χ2v) is 5.19. The molecule has 2 aliphatic rings. The van der Waals surface area contributed by atoms with E-state index in [9.17, 15) is 14.4 Å². The molecule has 3 heterocycles. The van der Waals surface area contributed by atoms with Crippen LogP contribution >= 0.6 is 0 Å². The standard InChI is InChI=1S/C15H11N5O4/c1-24-14(22)9-6-20(5-8-12(9)18-19-13(8)21)7-2-3-10-11(4-7)17-15(23)16-10/h2-6H,1H3,(H,19,21)(H2,16,17,23). The van der Waals surface area contributed by atoms with Gasteiger partial charge in [-0.1, -0.05) is 0 Å². The van der Waals surface area contributed by atoms with E-state index >= 15 is 0 Å². The van der Waals surface area contributed by atoms with Crippen molar-refractivity contribution in [1.29, 1.82) is 0 Å². The van der Waals surface area contributed by atoms with Gasteiger partial charge in [-0.15, -0.1) is 0 Å². The highest BCUT2D eigenvalue weighted by molar-refractivity contribution is 5.96. The first kappa shape index (κ1) is 14.0. The number of pyridine rings is 1. The van der Waals surface area contributed by atoms with Crippen LogP contribution < -0.4 is 11.2 Å². The van der Waals surface area contributed by atoms with Crippen LogP contribution in [0.3, 0.4) is 0 Å². The minimum Gasteiger partial charge on any atom is -0.465 e. The van der Waals surface area contributed by atoms with Crippen molar-refractivity contribution in [2.24, 2.45) is 0 Å². The molecule has 120 valence electrons. The highest BCUT2D eigenvalue weighted by Crippen LogP contribution is 2.23. The Morgan fingerprint density at radius 3 is 2.75 bits per heavy atom.